The first kappa shape index (κ1) is 20.9. The maximum absolute atomic E-state index is 12.4. The molecule has 0 aromatic heterocycles. The highest BCUT2D eigenvalue weighted by molar-refractivity contribution is 7.89. The Hall–Kier alpha value is -3.44. The van der Waals surface area contributed by atoms with E-state index in [1.165, 1.54) is 30.3 Å². The minimum atomic E-state index is -3.91. The average Bonchev–Trinajstić information content (AvgIpc) is 2.61. The van der Waals surface area contributed by atoms with E-state index in [1.807, 2.05) is 0 Å². The minimum Gasteiger partial charge on any atom is -0.481 e. The zero-order valence-electron chi connectivity index (χ0n) is 14.6. The number of sulfonamides is 1. The molecule has 0 aliphatic heterocycles. The lowest BCUT2D eigenvalue weighted by atomic mass is 10.2. The van der Waals surface area contributed by atoms with E-state index in [-0.39, 0.29) is 35.1 Å². The fourth-order valence-corrected chi connectivity index (χ4v) is 3.26. The van der Waals surface area contributed by atoms with Crippen molar-refractivity contribution < 1.29 is 23.1 Å². The van der Waals surface area contributed by atoms with Crippen LogP contribution in [0.4, 0.5) is 11.4 Å². The predicted molar refractivity (Wildman–Crippen MR) is 104 cm³/mol. The van der Waals surface area contributed by atoms with Gasteiger partial charge in [0.1, 0.15) is 0 Å². The van der Waals surface area contributed by atoms with Gasteiger partial charge in [-0.3, -0.25) is 9.59 Å². The molecule has 0 atom stereocenters. The number of nitrogens with one attached hydrogen (secondary N) is 2. The first-order valence-corrected chi connectivity index (χ1v) is 9.48. The van der Waals surface area contributed by atoms with Crippen LogP contribution in [0, 0.1) is 0 Å². The largest absolute Gasteiger partial charge is 0.481 e. The summed E-state index contributed by atoms with van der Waals surface area (Å²) in [5, 5.41) is 11.2. The molecule has 0 unspecified atom stereocenters. The highest BCUT2D eigenvalue weighted by Crippen LogP contribution is 2.18. The third-order valence-corrected chi connectivity index (χ3v) is 4.86. The monoisotopic (exact) mass is 405 g/mol. The van der Waals surface area contributed by atoms with Gasteiger partial charge >= 0.3 is 5.97 Å². The SMILES string of the molecule is NC(N)=Nc1cccc(C(=O)Nc2cccc(S(=O)(=O)NCCC(=O)O)c2)c1. The van der Waals surface area contributed by atoms with Crippen molar-refractivity contribution in [1.29, 1.82) is 0 Å². The van der Waals surface area contributed by atoms with Gasteiger partial charge in [-0.25, -0.2) is 18.1 Å². The van der Waals surface area contributed by atoms with Crippen molar-refractivity contribution in [3.63, 3.8) is 0 Å². The lowest BCUT2D eigenvalue weighted by Gasteiger charge is -2.09. The summed E-state index contributed by atoms with van der Waals surface area (Å²) in [5.74, 6) is -1.75. The molecule has 0 saturated heterocycles. The summed E-state index contributed by atoms with van der Waals surface area (Å²) < 4.78 is 26.6. The van der Waals surface area contributed by atoms with E-state index in [0.717, 1.165) is 0 Å². The van der Waals surface area contributed by atoms with Crippen molar-refractivity contribution in [2.24, 2.45) is 16.5 Å². The molecule has 0 saturated carbocycles. The lowest BCUT2D eigenvalue weighted by Crippen LogP contribution is -2.26. The molecule has 148 valence electrons. The van der Waals surface area contributed by atoms with Gasteiger partial charge in [-0.2, -0.15) is 0 Å². The van der Waals surface area contributed by atoms with Gasteiger partial charge in [0.05, 0.1) is 17.0 Å². The number of carbonyl (C=O) groups is 2. The van der Waals surface area contributed by atoms with Crippen LogP contribution in [0.3, 0.4) is 0 Å². The Bertz CT molecular complexity index is 1020. The minimum absolute atomic E-state index is 0.107. The maximum atomic E-state index is 12.4. The Morgan fingerprint density at radius 2 is 1.79 bits per heavy atom. The van der Waals surface area contributed by atoms with Crippen LogP contribution in [-0.4, -0.2) is 37.9 Å². The summed E-state index contributed by atoms with van der Waals surface area (Å²) in [6.45, 7) is -0.244. The Balaban J connectivity index is 2.15. The number of aliphatic imine (C=N–C) groups is 1. The standard InChI is InChI=1S/C17H19N5O5S/c18-17(19)22-12-4-1-3-11(9-12)16(25)21-13-5-2-6-14(10-13)28(26,27)20-8-7-15(23)24/h1-6,9-10,20H,7-8H2,(H,21,25)(H,23,24)(H4,18,19,22). The molecule has 0 aliphatic carbocycles. The van der Waals surface area contributed by atoms with Crippen molar-refractivity contribution >= 4 is 39.2 Å². The number of amides is 1. The Morgan fingerprint density at radius 1 is 1.07 bits per heavy atom. The van der Waals surface area contributed by atoms with E-state index in [1.54, 1.807) is 18.2 Å². The summed E-state index contributed by atoms with van der Waals surface area (Å²) >= 11 is 0. The number of anilines is 1. The first-order chi connectivity index (χ1) is 13.2. The van der Waals surface area contributed by atoms with Crippen LogP contribution in [-0.2, 0) is 14.8 Å². The number of hydrogen-bond acceptors (Lipinski definition) is 5. The van der Waals surface area contributed by atoms with Crippen LogP contribution in [0.2, 0.25) is 0 Å². The fraction of sp³-hybridized carbons (Fsp3) is 0.118. The van der Waals surface area contributed by atoms with Gasteiger partial charge < -0.3 is 21.9 Å². The molecule has 0 heterocycles. The number of hydrogen-bond donors (Lipinski definition) is 5. The number of rotatable bonds is 8. The number of benzene rings is 2. The van der Waals surface area contributed by atoms with Crippen LogP contribution in [0.5, 0.6) is 0 Å². The highest BCUT2D eigenvalue weighted by atomic mass is 32.2. The van der Waals surface area contributed by atoms with Crippen molar-refractivity contribution in [2.45, 2.75) is 11.3 Å². The maximum Gasteiger partial charge on any atom is 0.304 e. The highest BCUT2D eigenvalue weighted by Gasteiger charge is 2.15. The molecule has 2 aromatic rings. The van der Waals surface area contributed by atoms with Crippen LogP contribution >= 0.6 is 0 Å². The van der Waals surface area contributed by atoms with Gasteiger partial charge in [0, 0.05) is 17.8 Å². The number of carbonyl (C=O) groups excluding carboxylic acids is 1. The van der Waals surface area contributed by atoms with Gasteiger partial charge in [-0.05, 0) is 36.4 Å². The summed E-state index contributed by atoms with van der Waals surface area (Å²) in [4.78, 5) is 26.7. The molecule has 0 spiro atoms. The number of aliphatic carboxylic acids is 1. The number of carboxylic acid groups (broad SMARTS) is 1. The topological polar surface area (TPSA) is 177 Å². The molecule has 7 N–H and O–H groups in total. The Kier molecular flexibility index (Phi) is 6.69. The second-order valence-corrected chi connectivity index (χ2v) is 7.38. The molecule has 2 rings (SSSR count). The van der Waals surface area contributed by atoms with E-state index in [9.17, 15) is 18.0 Å². The molecular weight excluding hydrogens is 386 g/mol. The summed E-state index contributed by atoms with van der Waals surface area (Å²) in [5.41, 5.74) is 11.5. The molecule has 0 bridgehead atoms. The van der Waals surface area contributed by atoms with E-state index in [2.05, 4.69) is 15.0 Å². The number of guanidine groups is 1. The Labute approximate surface area is 161 Å². The van der Waals surface area contributed by atoms with Crippen molar-refractivity contribution in [3.05, 3.63) is 54.1 Å². The third-order valence-electron chi connectivity index (χ3n) is 3.40. The molecule has 2 aromatic carbocycles. The quantitative estimate of drug-likeness (QED) is 0.315. The summed E-state index contributed by atoms with van der Waals surface area (Å²) in [6.07, 6.45) is -0.345. The number of nitrogens with two attached hydrogens (primary N) is 2. The van der Waals surface area contributed by atoms with Crippen LogP contribution < -0.4 is 21.5 Å². The lowest BCUT2D eigenvalue weighted by molar-refractivity contribution is -0.136. The average molecular weight is 405 g/mol. The van der Waals surface area contributed by atoms with Gasteiger partial charge in [0.2, 0.25) is 10.0 Å². The molecule has 0 radical (unpaired) electrons. The predicted octanol–water partition coefficient (Wildman–Crippen LogP) is 0.597. The van der Waals surface area contributed by atoms with Gasteiger partial charge in [-0.1, -0.05) is 12.1 Å². The second-order valence-electron chi connectivity index (χ2n) is 5.61. The fourth-order valence-electron chi connectivity index (χ4n) is 2.19. The summed E-state index contributed by atoms with van der Waals surface area (Å²) in [7, 11) is -3.91. The van der Waals surface area contributed by atoms with E-state index in [0.29, 0.717) is 5.69 Å². The number of nitrogens with zero attached hydrogens (tertiary/aromatic N) is 1. The normalized spacial score (nSPS) is 10.9. The van der Waals surface area contributed by atoms with Crippen molar-refractivity contribution in [2.75, 3.05) is 11.9 Å². The van der Waals surface area contributed by atoms with Crippen LogP contribution in [0.25, 0.3) is 0 Å². The molecule has 1 amide bonds. The molecule has 10 nitrogen and oxygen atoms in total. The van der Waals surface area contributed by atoms with Gasteiger partial charge in [0.15, 0.2) is 5.96 Å². The molecule has 11 heteroatoms. The van der Waals surface area contributed by atoms with Gasteiger partial charge in [0.25, 0.3) is 5.91 Å². The molecular formula is C17H19N5O5S. The van der Waals surface area contributed by atoms with E-state index < -0.39 is 21.9 Å². The van der Waals surface area contributed by atoms with Crippen molar-refractivity contribution in [1.82, 2.24) is 4.72 Å². The second kappa shape index (κ2) is 8.97. The van der Waals surface area contributed by atoms with Crippen molar-refractivity contribution in [3.8, 4) is 0 Å². The summed E-state index contributed by atoms with van der Waals surface area (Å²) in [6, 6.07) is 11.8. The van der Waals surface area contributed by atoms with Crippen LogP contribution in [0.15, 0.2) is 58.4 Å². The Morgan fingerprint density at radius 3 is 2.46 bits per heavy atom. The zero-order valence-corrected chi connectivity index (χ0v) is 15.4. The first-order valence-electron chi connectivity index (χ1n) is 8.00. The van der Waals surface area contributed by atoms with Gasteiger partial charge in [-0.15, -0.1) is 0 Å². The van der Waals surface area contributed by atoms with Crippen LogP contribution in [0.1, 0.15) is 16.8 Å². The van der Waals surface area contributed by atoms with E-state index in [4.69, 9.17) is 16.6 Å². The zero-order chi connectivity index (χ0) is 20.7. The number of carboxylic acids is 1. The third kappa shape index (κ3) is 6.07. The molecule has 0 fully saturated rings. The molecule has 28 heavy (non-hydrogen) atoms. The van der Waals surface area contributed by atoms with E-state index >= 15 is 0 Å². The smallest absolute Gasteiger partial charge is 0.304 e. The molecule has 0 aliphatic rings.